The minimum atomic E-state index is -0.0122. The zero-order valence-corrected chi connectivity index (χ0v) is 13.2. The maximum absolute atomic E-state index is 11.8. The Hall–Kier alpha value is -0.910. The number of carbonyl (C=O) groups excluding carboxylic acids is 1. The Labute approximate surface area is 130 Å². The second-order valence-electron chi connectivity index (χ2n) is 4.52. The highest BCUT2D eigenvalue weighted by atomic mass is 35.5. The molecule has 1 heterocycles. The van der Waals surface area contributed by atoms with E-state index in [9.17, 15) is 4.79 Å². The number of halogens is 1. The second kappa shape index (κ2) is 9.10. The van der Waals surface area contributed by atoms with Gasteiger partial charge in [-0.05, 0) is 30.5 Å². The van der Waals surface area contributed by atoms with Gasteiger partial charge in [-0.3, -0.25) is 10.1 Å². The summed E-state index contributed by atoms with van der Waals surface area (Å²) < 4.78 is 5.19. The van der Waals surface area contributed by atoms with Gasteiger partial charge in [-0.1, -0.05) is 12.1 Å². The molecule has 0 radical (unpaired) electrons. The van der Waals surface area contributed by atoms with E-state index in [4.69, 9.17) is 4.74 Å². The molecule has 2 N–H and O–H groups in total. The summed E-state index contributed by atoms with van der Waals surface area (Å²) >= 11 is 1.76. The summed E-state index contributed by atoms with van der Waals surface area (Å²) in [6, 6.07) is 8.04. The van der Waals surface area contributed by atoms with E-state index in [0.717, 1.165) is 36.8 Å². The number of hydrogen-bond acceptors (Lipinski definition) is 4. The van der Waals surface area contributed by atoms with Crippen LogP contribution >= 0.6 is 24.2 Å². The van der Waals surface area contributed by atoms with E-state index in [0.29, 0.717) is 0 Å². The summed E-state index contributed by atoms with van der Waals surface area (Å²) in [5.41, 5.74) is 1.24. The highest BCUT2D eigenvalue weighted by Gasteiger charge is 2.21. The minimum absolute atomic E-state index is 0. The molecule has 1 aromatic rings. The zero-order valence-electron chi connectivity index (χ0n) is 11.6. The van der Waals surface area contributed by atoms with Crippen molar-refractivity contribution in [2.75, 3.05) is 25.3 Å². The molecule has 112 valence electrons. The molecule has 1 unspecified atom stereocenters. The van der Waals surface area contributed by atoms with E-state index < -0.39 is 0 Å². The molecule has 4 nitrogen and oxygen atoms in total. The lowest BCUT2D eigenvalue weighted by atomic mass is 10.1. The Morgan fingerprint density at radius 3 is 3.10 bits per heavy atom. The molecule has 0 bridgehead atoms. The van der Waals surface area contributed by atoms with Crippen LogP contribution in [0.15, 0.2) is 24.3 Å². The number of hydrogen-bond donors (Lipinski definition) is 2. The number of benzene rings is 1. The number of ether oxygens (including phenoxy) is 1. The largest absolute Gasteiger partial charge is 0.497 e. The molecule has 1 aliphatic heterocycles. The highest BCUT2D eigenvalue weighted by Crippen LogP contribution is 2.13. The molecule has 1 saturated heterocycles. The number of thioether (sulfide) groups is 1. The molecule has 0 aromatic heterocycles. The number of aryl methyl sites for hydroxylation is 1. The first-order chi connectivity index (χ1) is 9.29. The summed E-state index contributed by atoms with van der Waals surface area (Å²) in [5.74, 6) is 2.76. The van der Waals surface area contributed by atoms with Crippen LogP contribution in [-0.2, 0) is 11.2 Å². The first-order valence-corrected chi connectivity index (χ1v) is 7.67. The van der Waals surface area contributed by atoms with Crippen LogP contribution in [0.2, 0.25) is 0 Å². The maximum Gasteiger partial charge on any atom is 0.238 e. The van der Waals surface area contributed by atoms with Gasteiger partial charge < -0.3 is 10.1 Å². The molecule has 1 amide bonds. The molecule has 1 aliphatic rings. The normalized spacial score (nSPS) is 17.4. The Kier molecular flexibility index (Phi) is 7.80. The Bertz CT molecular complexity index is 425. The molecular formula is C14H21ClN2O2S. The van der Waals surface area contributed by atoms with Gasteiger partial charge in [0, 0.05) is 18.2 Å². The van der Waals surface area contributed by atoms with Gasteiger partial charge >= 0.3 is 0 Å². The van der Waals surface area contributed by atoms with Gasteiger partial charge in [-0.2, -0.15) is 0 Å². The SMILES string of the molecule is COc1cccc(CCCNC(=O)C2CSCN2)c1.Cl. The first kappa shape index (κ1) is 17.1. The maximum atomic E-state index is 11.8. The molecule has 0 aliphatic carbocycles. The van der Waals surface area contributed by atoms with E-state index >= 15 is 0 Å². The molecule has 1 fully saturated rings. The molecule has 2 rings (SSSR count). The van der Waals surface area contributed by atoms with Crippen molar-refractivity contribution >= 4 is 30.1 Å². The van der Waals surface area contributed by atoms with Gasteiger partial charge in [0.05, 0.1) is 13.2 Å². The van der Waals surface area contributed by atoms with E-state index in [1.807, 2.05) is 18.2 Å². The smallest absolute Gasteiger partial charge is 0.238 e. The molecule has 1 aromatic carbocycles. The molecular weight excluding hydrogens is 296 g/mol. The molecule has 20 heavy (non-hydrogen) atoms. The van der Waals surface area contributed by atoms with Crippen LogP contribution in [0.25, 0.3) is 0 Å². The number of nitrogens with one attached hydrogen (secondary N) is 2. The summed E-state index contributed by atoms with van der Waals surface area (Å²) in [6.45, 7) is 0.721. The fraction of sp³-hybridized carbons (Fsp3) is 0.500. The fourth-order valence-electron chi connectivity index (χ4n) is 2.02. The van der Waals surface area contributed by atoms with Gasteiger partial charge in [0.15, 0.2) is 0 Å². The van der Waals surface area contributed by atoms with Crippen molar-refractivity contribution in [3.05, 3.63) is 29.8 Å². The van der Waals surface area contributed by atoms with Crippen molar-refractivity contribution in [3.63, 3.8) is 0 Å². The molecule has 1 atom stereocenters. The van der Waals surface area contributed by atoms with Gasteiger partial charge in [0.25, 0.3) is 0 Å². The topological polar surface area (TPSA) is 50.4 Å². The third-order valence-electron chi connectivity index (χ3n) is 3.11. The van der Waals surface area contributed by atoms with Crippen LogP contribution in [0.1, 0.15) is 12.0 Å². The van der Waals surface area contributed by atoms with Gasteiger partial charge in [-0.25, -0.2) is 0 Å². The standard InChI is InChI=1S/C14H20N2O2S.ClH/c1-18-12-6-2-4-11(8-12)5-3-7-15-14(17)13-9-19-10-16-13;/h2,4,6,8,13,16H,3,5,7,9-10H2,1H3,(H,15,17);1H. The van der Waals surface area contributed by atoms with E-state index in [-0.39, 0.29) is 24.4 Å². The number of rotatable bonds is 6. The molecule has 6 heteroatoms. The second-order valence-corrected chi connectivity index (χ2v) is 5.55. The van der Waals surface area contributed by atoms with Gasteiger partial charge in [0.2, 0.25) is 5.91 Å². The molecule has 0 spiro atoms. The Morgan fingerprint density at radius 1 is 1.55 bits per heavy atom. The number of amides is 1. The Balaban J connectivity index is 0.00000200. The summed E-state index contributed by atoms with van der Waals surface area (Å²) in [7, 11) is 1.67. The number of carbonyl (C=O) groups is 1. The summed E-state index contributed by atoms with van der Waals surface area (Å²) in [4.78, 5) is 11.8. The van der Waals surface area contributed by atoms with Crippen LogP contribution in [0.5, 0.6) is 5.75 Å². The third-order valence-corrected chi connectivity index (χ3v) is 4.05. The van der Waals surface area contributed by atoms with E-state index in [2.05, 4.69) is 16.7 Å². The lowest BCUT2D eigenvalue weighted by molar-refractivity contribution is -0.122. The average Bonchev–Trinajstić information content (AvgIpc) is 2.98. The van der Waals surface area contributed by atoms with Gasteiger partial charge in [0.1, 0.15) is 5.75 Å². The quantitative estimate of drug-likeness (QED) is 0.786. The summed E-state index contributed by atoms with van der Waals surface area (Å²) in [6.07, 6.45) is 1.89. The van der Waals surface area contributed by atoms with E-state index in [1.54, 1.807) is 18.9 Å². The lowest BCUT2D eigenvalue weighted by Gasteiger charge is -2.10. The van der Waals surface area contributed by atoms with Crippen molar-refractivity contribution in [2.24, 2.45) is 0 Å². The van der Waals surface area contributed by atoms with Crippen LogP contribution in [0, 0.1) is 0 Å². The van der Waals surface area contributed by atoms with Crippen molar-refractivity contribution in [2.45, 2.75) is 18.9 Å². The van der Waals surface area contributed by atoms with Crippen LogP contribution in [0.3, 0.4) is 0 Å². The minimum Gasteiger partial charge on any atom is -0.497 e. The average molecular weight is 317 g/mol. The third kappa shape index (κ3) is 5.23. The van der Waals surface area contributed by atoms with Crippen molar-refractivity contribution < 1.29 is 9.53 Å². The van der Waals surface area contributed by atoms with Crippen molar-refractivity contribution in [1.82, 2.24) is 10.6 Å². The fourth-order valence-corrected chi connectivity index (χ4v) is 2.96. The van der Waals surface area contributed by atoms with E-state index in [1.165, 1.54) is 5.56 Å². The lowest BCUT2D eigenvalue weighted by Crippen LogP contribution is -2.42. The van der Waals surface area contributed by atoms with Crippen LogP contribution < -0.4 is 15.4 Å². The van der Waals surface area contributed by atoms with Crippen LogP contribution in [-0.4, -0.2) is 37.2 Å². The first-order valence-electron chi connectivity index (χ1n) is 6.51. The highest BCUT2D eigenvalue weighted by molar-refractivity contribution is 7.99. The number of methoxy groups -OCH3 is 1. The predicted molar refractivity (Wildman–Crippen MR) is 85.8 cm³/mol. The zero-order chi connectivity index (χ0) is 13.5. The van der Waals surface area contributed by atoms with Crippen LogP contribution in [0.4, 0.5) is 0 Å². The molecule has 0 saturated carbocycles. The summed E-state index contributed by atoms with van der Waals surface area (Å²) in [5, 5.41) is 6.14. The van der Waals surface area contributed by atoms with Crippen molar-refractivity contribution in [3.8, 4) is 5.75 Å². The Morgan fingerprint density at radius 2 is 2.40 bits per heavy atom. The van der Waals surface area contributed by atoms with Gasteiger partial charge in [-0.15, -0.1) is 24.2 Å². The van der Waals surface area contributed by atoms with Crippen molar-refractivity contribution in [1.29, 1.82) is 0 Å². The predicted octanol–water partition coefficient (Wildman–Crippen LogP) is 1.83. The monoisotopic (exact) mass is 316 g/mol.